The van der Waals surface area contributed by atoms with Crippen molar-refractivity contribution in [3.63, 3.8) is 0 Å². The van der Waals surface area contributed by atoms with E-state index in [0.717, 1.165) is 116 Å². The van der Waals surface area contributed by atoms with Crippen molar-refractivity contribution in [3.8, 4) is 33.4 Å². The Labute approximate surface area is 333 Å². The van der Waals surface area contributed by atoms with Gasteiger partial charge in [0.2, 0.25) is 0 Å². The summed E-state index contributed by atoms with van der Waals surface area (Å²) < 4.78 is 19.8. The van der Waals surface area contributed by atoms with Gasteiger partial charge in [-0.1, -0.05) is 121 Å². The van der Waals surface area contributed by atoms with Crippen LogP contribution in [0.1, 0.15) is 0 Å². The van der Waals surface area contributed by atoms with Gasteiger partial charge in [-0.15, -0.1) is 0 Å². The van der Waals surface area contributed by atoms with Crippen molar-refractivity contribution in [3.05, 3.63) is 200 Å². The molecule has 0 aliphatic rings. The minimum Gasteiger partial charge on any atom is -0.456 e. The number of anilines is 3. The average Bonchev–Trinajstić information content (AvgIpc) is 3.98. The molecule has 0 radical (unpaired) electrons. The second kappa shape index (κ2) is 12.9. The molecule has 0 amide bonds. The van der Waals surface area contributed by atoms with Crippen LogP contribution in [0.15, 0.2) is 213 Å². The number of rotatable bonds is 6. The Bertz CT molecular complexity index is 3500. The predicted molar refractivity (Wildman–Crippen MR) is 239 cm³/mol. The van der Waals surface area contributed by atoms with Gasteiger partial charge < -0.3 is 18.2 Å². The molecule has 0 spiro atoms. The molecule has 0 N–H and O–H groups in total. The van der Waals surface area contributed by atoms with E-state index in [0.29, 0.717) is 0 Å². The number of furan rings is 3. The van der Waals surface area contributed by atoms with E-state index < -0.39 is 0 Å². The van der Waals surface area contributed by atoms with Crippen molar-refractivity contribution in [1.82, 2.24) is 0 Å². The van der Waals surface area contributed by atoms with Gasteiger partial charge in [0.05, 0.1) is 11.1 Å². The van der Waals surface area contributed by atoms with Crippen molar-refractivity contribution in [1.29, 1.82) is 0 Å². The summed E-state index contributed by atoms with van der Waals surface area (Å²) in [5.41, 5.74) is 14.8. The van der Waals surface area contributed by atoms with Crippen molar-refractivity contribution >= 4 is 82.9 Å². The number of hydrogen-bond donors (Lipinski definition) is 0. The molecule has 0 fully saturated rings. The summed E-state index contributed by atoms with van der Waals surface area (Å²) in [7, 11) is 0. The van der Waals surface area contributed by atoms with Gasteiger partial charge in [-0.25, -0.2) is 0 Å². The van der Waals surface area contributed by atoms with E-state index in [9.17, 15) is 0 Å². The molecule has 9 aromatic carbocycles. The first kappa shape index (κ1) is 32.4. The van der Waals surface area contributed by atoms with E-state index in [1.165, 1.54) is 0 Å². The lowest BCUT2D eigenvalue weighted by Gasteiger charge is -2.27. The highest BCUT2D eigenvalue weighted by atomic mass is 16.3. The first-order valence-corrected chi connectivity index (χ1v) is 19.6. The van der Waals surface area contributed by atoms with Crippen molar-refractivity contribution in [2.24, 2.45) is 0 Å². The number of fused-ring (bicyclic) bond motifs is 9. The zero-order chi connectivity index (χ0) is 38.2. The predicted octanol–water partition coefficient (Wildman–Crippen LogP) is 15.9. The van der Waals surface area contributed by atoms with Crippen LogP contribution in [0.4, 0.5) is 17.1 Å². The third-order valence-electron chi connectivity index (χ3n) is 11.5. The Morgan fingerprint density at radius 2 is 0.793 bits per heavy atom. The third-order valence-corrected chi connectivity index (χ3v) is 11.5. The van der Waals surface area contributed by atoms with Gasteiger partial charge in [-0.05, 0) is 107 Å². The Hall–Kier alpha value is -7.82. The van der Waals surface area contributed by atoms with Gasteiger partial charge >= 0.3 is 0 Å². The fourth-order valence-corrected chi connectivity index (χ4v) is 8.70. The topological polar surface area (TPSA) is 42.7 Å². The molecule has 0 saturated heterocycles. The number of benzene rings is 9. The van der Waals surface area contributed by atoms with E-state index >= 15 is 0 Å². The molecule has 12 aromatic rings. The summed E-state index contributed by atoms with van der Waals surface area (Å²) in [5.74, 6) is 0. The average molecular weight is 744 g/mol. The highest BCUT2D eigenvalue weighted by Gasteiger charge is 2.24. The molecule has 3 heterocycles. The molecule has 12 rings (SSSR count). The lowest BCUT2D eigenvalue weighted by Crippen LogP contribution is -2.10. The monoisotopic (exact) mass is 743 g/mol. The Balaban J connectivity index is 1.12. The normalized spacial score (nSPS) is 11.8. The molecule has 4 nitrogen and oxygen atoms in total. The quantitative estimate of drug-likeness (QED) is 0.170. The summed E-state index contributed by atoms with van der Waals surface area (Å²) in [6, 6.07) is 70.2. The number of para-hydroxylation sites is 1. The fourth-order valence-electron chi connectivity index (χ4n) is 8.70. The van der Waals surface area contributed by atoms with Crippen LogP contribution in [0.25, 0.3) is 99.2 Å². The second-order valence-electron chi connectivity index (χ2n) is 14.9. The molecule has 0 bridgehead atoms. The molecular formula is C54H33NO3. The molecule has 0 aliphatic carbocycles. The van der Waals surface area contributed by atoms with Crippen LogP contribution in [0.5, 0.6) is 0 Å². The molecule has 3 aromatic heterocycles. The zero-order valence-electron chi connectivity index (χ0n) is 31.2. The first-order valence-electron chi connectivity index (χ1n) is 19.6. The van der Waals surface area contributed by atoms with Gasteiger partial charge in [-0.2, -0.15) is 0 Å². The molecule has 4 heteroatoms. The van der Waals surface area contributed by atoms with Gasteiger partial charge in [0.25, 0.3) is 0 Å². The maximum absolute atomic E-state index is 6.98. The molecule has 0 unspecified atom stereocenters. The summed E-state index contributed by atoms with van der Waals surface area (Å²) in [6.07, 6.45) is 0. The van der Waals surface area contributed by atoms with Gasteiger partial charge in [0.1, 0.15) is 33.5 Å². The highest BCUT2D eigenvalue weighted by molar-refractivity contribution is 6.18. The molecule has 0 aliphatic heterocycles. The smallest absolute Gasteiger partial charge is 0.145 e. The maximum Gasteiger partial charge on any atom is 0.145 e. The molecule has 0 atom stereocenters. The van der Waals surface area contributed by atoms with Crippen LogP contribution >= 0.6 is 0 Å². The first-order chi connectivity index (χ1) is 28.7. The SMILES string of the molecule is c1ccc(-c2ccc3c(c2)oc2ccc(N(c4ccc5oc6ccccc6c5c4)c4ccc(-c5ccccc5)c5oc6cc(-c7ccccc7)ccc6c45)cc23)cc1. The Morgan fingerprint density at radius 3 is 1.43 bits per heavy atom. The Kier molecular flexibility index (Phi) is 7.20. The van der Waals surface area contributed by atoms with E-state index in [-0.39, 0.29) is 0 Å². The number of nitrogens with zero attached hydrogens (tertiary/aromatic N) is 1. The Morgan fingerprint density at radius 1 is 0.293 bits per heavy atom. The lowest BCUT2D eigenvalue weighted by atomic mass is 9.98. The summed E-state index contributed by atoms with van der Waals surface area (Å²) in [6.45, 7) is 0. The van der Waals surface area contributed by atoms with Crippen molar-refractivity contribution in [2.75, 3.05) is 4.90 Å². The van der Waals surface area contributed by atoms with Crippen molar-refractivity contribution < 1.29 is 13.3 Å². The minimum absolute atomic E-state index is 0.836. The molecule has 0 saturated carbocycles. The third kappa shape index (κ3) is 5.16. The van der Waals surface area contributed by atoms with E-state index in [2.05, 4.69) is 181 Å². The van der Waals surface area contributed by atoms with Gasteiger partial charge in [-0.3, -0.25) is 0 Å². The minimum atomic E-state index is 0.836. The van der Waals surface area contributed by atoms with Crippen LogP contribution in [-0.2, 0) is 0 Å². The maximum atomic E-state index is 6.98. The molecule has 58 heavy (non-hydrogen) atoms. The van der Waals surface area contributed by atoms with E-state index in [1.807, 2.05) is 24.3 Å². The van der Waals surface area contributed by atoms with Crippen LogP contribution in [0.3, 0.4) is 0 Å². The van der Waals surface area contributed by atoms with Gasteiger partial charge in [0.15, 0.2) is 0 Å². The fraction of sp³-hybridized carbons (Fsp3) is 0. The molecule has 272 valence electrons. The summed E-state index contributed by atoms with van der Waals surface area (Å²) in [4.78, 5) is 2.36. The largest absolute Gasteiger partial charge is 0.456 e. The van der Waals surface area contributed by atoms with Crippen LogP contribution in [-0.4, -0.2) is 0 Å². The highest BCUT2D eigenvalue weighted by Crippen LogP contribution is 2.48. The summed E-state index contributed by atoms with van der Waals surface area (Å²) in [5, 5.41) is 6.34. The zero-order valence-corrected chi connectivity index (χ0v) is 31.2. The summed E-state index contributed by atoms with van der Waals surface area (Å²) >= 11 is 0. The van der Waals surface area contributed by atoms with Crippen molar-refractivity contribution in [2.45, 2.75) is 0 Å². The van der Waals surface area contributed by atoms with Gasteiger partial charge in [0, 0.05) is 43.9 Å². The lowest BCUT2D eigenvalue weighted by molar-refractivity contribution is 0.668. The second-order valence-corrected chi connectivity index (χ2v) is 14.9. The molecular weight excluding hydrogens is 711 g/mol. The van der Waals surface area contributed by atoms with E-state index in [4.69, 9.17) is 13.3 Å². The van der Waals surface area contributed by atoms with E-state index in [1.54, 1.807) is 0 Å². The number of hydrogen-bond acceptors (Lipinski definition) is 4. The van der Waals surface area contributed by atoms with Crippen LogP contribution in [0.2, 0.25) is 0 Å². The van der Waals surface area contributed by atoms with Crippen LogP contribution < -0.4 is 4.90 Å². The standard InChI is InChI=1S/C54H33NO3/c1-4-12-34(13-5-1)37-20-24-43-46-33-40(23-29-50(46)57-51(43)30-37)55(39-22-28-49-45(32-39)42-18-10-11-19-48(42)56-49)47-27-26-41(36-16-8-3-9-17-36)54-53(47)44-25-21-38(31-52(44)58-54)35-14-6-2-7-15-35/h1-33H. The van der Waals surface area contributed by atoms with Crippen LogP contribution in [0, 0.1) is 0 Å².